The van der Waals surface area contributed by atoms with E-state index in [0.29, 0.717) is 5.84 Å². The first-order valence-corrected chi connectivity index (χ1v) is 13.9. The molecule has 1 atom stereocenters. The third-order valence-electron chi connectivity index (χ3n) is 7.28. The average molecular weight is 524 g/mol. The number of hydrogen-bond donors (Lipinski definition) is 1. The van der Waals surface area contributed by atoms with E-state index < -0.39 is 0 Å². The van der Waals surface area contributed by atoms with Crippen molar-refractivity contribution in [3.8, 4) is 5.75 Å². The number of hydrogen-bond acceptors (Lipinski definition) is 3. The van der Waals surface area contributed by atoms with Gasteiger partial charge in [-0.1, -0.05) is 84.9 Å². The highest BCUT2D eigenvalue weighted by Gasteiger charge is 2.29. The molecule has 39 heavy (non-hydrogen) atoms. The standard InChI is InChI=1S/C34H25N3OS/c35-33(27-13-8-16-31-32(27)26-12-5-7-15-30(26)39-31)37-34(23-9-2-1-3-10-23)36-21-22-17-19-25-24-11-4-6-14-28(24)38-29(25)20-18-22/h1-17,20-21,25,35H,18-19H2. The van der Waals surface area contributed by atoms with Crippen LogP contribution in [0.25, 0.3) is 20.2 Å². The fourth-order valence-electron chi connectivity index (χ4n) is 5.35. The summed E-state index contributed by atoms with van der Waals surface area (Å²) < 4.78 is 8.50. The van der Waals surface area contributed by atoms with Crippen LogP contribution in [0.15, 0.2) is 131 Å². The highest BCUT2D eigenvalue weighted by molar-refractivity contribution is 7.25. The molecule has 4 aromatic carbocycles. The molecule has 1 aliphatic carbocycles. The number of nitrogens with one attached hydrogen (secondary N) is 1. The van der Waals surface area contributed by atoms with E-state index in [-0.39, 0.29) is 11.8 Å². The lowest BCUT2D eigenvalue weighted by molar-refractivity contribution is 0.426. The second-order valence-corrected chi connectivity index (χ2v) is 10.8. The normalized spacial score (nSPS) is 16.9. The summed E-state index contributed by atoms with van der Waals surface area (Å²) in [6.07, 6.45) is 7.91. The number of aliphatic imine (C=N–C) groups is 2. The van der Waals surface area contributed by atoms with Crippen molar-refractivity contribution < 1.29 is 4.74 Å². The molecular weight excluding hydrogens is 498 g/mol. The van der Waals surface area contributed by atoms with Crippen molar-refractivity contribution in [1.29, 1.82) is 5.41 Å². The van der Waals surface area contributed by atoms with Gasteiger partial charge in [-0.2, -0.15) is 0 Å². The highest BCUT2D eigenvalue weighted by Crippen LogP contribution is 2.44. The topological polar surface area (TPSA) is 57.8 Å². The summed E-state index contributed by atoms with van der Waals surface area (Å²) in [5, 5.41) is 11.3. The van der Waals surface area contributed by atoms with Gasteiger partial charge in [0.05, 0.1) is 0 Å². The van der Waals surface area contributed by atoms with E-state index in [0.717, 1.165) is 56.5 Å². The van der Waals surface area contributed by atoms with Crippen LogP contribution in [0, 0.1) is 5.41 Å². The van der Waals surface area contributed by atoms with Crippen molar-refractivity contribution in [2.45, 2.75) is 18.8 Å². The Bertz CT molecular complexity index is 1860. The first kappa shape index (κ1) is 23.5. The first-order chi connectivity index (χ1) is 19.2. The van der Waals surface area contributed by atoms with Gasteiger partial charge in [-0.05, 0) is 42.7 Å². The smallest absolute Gasteiger partial charge is 0.161 e. The fourth-order valence-corrected chi connectivity index (χ4v) is 6.49. The van der Waals surface area contributed by atoms with Crippen LogP contribution in [0.1, 0.15) is 35.4 Å². The summed E-state index contributed by atoms with van der Waals surface area (Å²) >= 11 is 1.74. The number of fused-ring (bicyclic) bond motifs is 6. The predicted octanol–water partition coefficient (Wildman–Crippen LogP) is 8.68. The minimum absolute atomic E-state index is 0.205. The maximum atomic E-state index is 9.02. The molecule has 0 saturated carbocycles. The molecule has 0 radical (unpaired) electrons. The van der Waals surface area contributed by atoms with Gasteiger partial charge in [-0.25, -0.2) is 9.98 Å². The minimum atomic E-state index is 0.205. The fraction of sp³-hybridized carbons (Fsp3) is 0.0882. The molecule has 7 rings (SSSR count). The Labute approximate surface area is 230 Å². The molecule has 0 saturated heterocycles. The molecule has 1 N–H and O–H groups in total. The molecule has 2 aliphatic rings. The van der Waals surface area contributed by atoms with Gasteiger partial charge in [0.15, 0.2) is 11.7 Å². The second kappa shape index (κ2) is 9.93. The number of ether oxygens (including phenoxy) is 1. The van der Waals surface area contributed by atoms with Gasteiger partial charge >= 0.3 is 0 Å². The van der Waals surface area contributed by atoms with E-state index in [1.807, 2.05) is 66.9 Å². The van der Waals surface area contributed by atoms with Crippen molar-refractivity contribution in [1.82, 2.24) is 0 Å². The number of amidine groups is 2. The molecule has 4 nitrogen and oxygen atoms in total. The summed E-state index contributed by atoms with van der Waals surface area (Å²) in [4.78, 5) is 9.63. The lowest BCUT2D eigenvalue weighted by atomic mass is 9.96. The summed E-state index contributed by atoms with van der Waals surface area (Å²) in [5.74, 6) is 2.97. The molecule has 1 aliphatic heterocycles. The van der Waals surface area contributed by atoms with Gasteiger partial charge < -0.3 is 4.74 Å². The minimum Gasteiger partial charge on any atom is -0.461 e. The molecular formula is C34H25N3OS. The monoisotopic (exact) mass is 523 g/mol. The summed E-state index contributed by atoms with van der Waals surface area (Å²) in [7, 11) is 0. The Balaban J connectivity index is 1.23. The number of allylic oxidation sites excluding steroid dienone is 4. The van der Waals surface area contributed by atoms with Crippen molar-refractivity contribution in [2.24, 2.45) is 9.98 Å². The summed E-state index contributed by atoms with van der Waals surface area (Å²) in [6, 6.07) is 32.6. The highest BCUT2D eigenvalue weighted by atomic mass is 32.1. The lowest BCUT2D eigenvalue weighted by Crippen LogP contribution is -2.05. The SMILES string of the molecule is N=C(N=C(N=CC1=CCC2C(=CC1)Oc1ccccc12)c1ccccc1)c1cccc2sc3ccccc3c12. The van der Waals surface area contributed by atoms with Crippen LogP contribution in [0.2, 0.25) is 0 Å². The largest absolute Gasteiger partial charge is 0.461 e. The number of benzene rings is 4. The zero-order chi connectivity index (χ0) is 26.2. The Hall–Kier alpha value is -4.61. The quantitative estimate of drug-likeness (QED) is 0.187. The van der Waals surface area contributed by atoms with Crippen LogP contribution in [-0.4, -0.2) is 17.9 Å². The average Bonchev–Trinajstić information content (AvgIpc) is 3.47. The Morgan fingerprint density at radius 2 is 1.64 bits per heavy atom. The lowest BCUT2D eigenvalue weighted by Gasteiger charge is -2.06. The number of thiophene rings is 1. The van der Waals surface area contributed by atoms with Crippen molar-refractivity contribution in [2.75, 3.05) is 0 Å². The molecule has 5 aromatic rings. The Kier molecular flexibility index (Phi) is 5.99. The number of para-hydroxylation sites is 1. The molecule has 1 unspecified atom stereocenters. The third kappa shape index (κ3) is 4.41. The maximum Gasteiger partial charge on any atom is 0.161 e. The molecule has 0 fully saturated rings. The number of rotatable bonds is 3. The van der Waals surface area contributed by atoms with Crippen molar-refractivity contribution in [3.05, 3.63) is 137 Å². The summed E-state index contributed by atoms with van der Waals surface area (Å²) in [6.45, 7) is 0. The van der Waals surface area contributed by atoms with E-state index in [9.17, 15) is 0 Å². The molecule has 0 amide bonds. The van der Waals surface area contributed by atoms with Gasteiger partial charge in [0, 0.05) is 49.0 Å². The van der Waals surface area contributed by atoms with Gasteiger partial charge in [0.1, 0.15) is 11.5 Å². The molecule has 188 valence electrons. The third-order valence-corrected chi connectivity index (χ3v) is 8.42. The predicted molar refractivity (Wildman–Crippen MR) is 163 cm³/mol. The zero-order valence-electron chi connectivity index (χ0n) is 21.2. The first-order valence-electron chi connectivity index (χ1n) is 13.1. The van der Waals surface area contributed by atoms with E-state index in [4.69, 9.17) is 20.1 Å². The Morgan fingerprint density at radius 3 is 2.56 bits per heavy atom. The van der Waals surface area contributed by atoms with Gasteiger partial charge in [0.2, 0.25) is 0 Å². The van der Waals surface area contributed by atoms with Gasteiger partial charge in [-0.15, -0.1) is 11.3 Å². The second-order valence-electron chi connectivity index (χ2n) is 9.70. The van der Waals surface area contributed by atoms with Crippen LogP contribution in [0.3, 0.4) is 0 Å². The van der Waals surface area contributed by atoms with Crippen LogP contribution < -0.4 is 4.74 Å². The molecule has 0 spiro atoms. The maximum absolute atomic E-state index is 9.02. The van der Waals surface area contributed by atoms with Crippen LogP contribution in [-0.2, 0) is 0 Å². The van der Waals surface area contributed by atoms with Gasteiger partial charge in [-0.3, -0.25) is 5.41 Å². The number of nitrogens with zero attached hydrogens (tertiary/aromatic N) is 2. The van der Waals surface area contributed by atoms with Gasteiger partial charge in [0.25, 0.3) is 0 Å². The molecule has 0 bridgehead atoms. The van der Waals surface area contributed by atoms with E-state index in [1.165, 1.54) is 10.3 Å². The molecule has 5 heteroatoms. The van der Waals surface area contributed by atoms with Crippen molar-refractivity contribution in [3.63, 3.8) is 0 Å². The summed E-state index contributed by atoms with van der Waals surface area (Å²) in [5.41, 5.74) is 4.05. The van der Waals surface area contributed by atoms with E-state index >= 15 is 0 Å². The zero-order valence-corrected chi connectivity index (χ0v) is 22.0. The Morgan fingerprint density at radius 1 is 0.846 bits per heavy atom. The molecule has 1 aromatic heterocycles. The van der Waals surface area contributed by atoms with Crippen molar-refractivity contribution >= 4 is 49.4 Å². The van der Waals surface area contributed by atoms with Crippen LogP contribution in [0.5, 0.6) is 5.75 Å². The van der Waals surface area contributed by atoms with Crippen LogP contribution >= 0.6 is 11.3 Å². The van der Waals surface area contributed by atoms with E-state index in [1.54, 1.807) is 11.3 Å². The molecule has 2 heterocycles. The van der Waals surface area contributed by atoms with Crippen LogP contribution in [0.4, 0.5) is 0 Å². The van der Waals surface area contributed by atoms with E-state index in [2.05, 4.69) is 48.6 Å².